The second-order valence-electron chi connectivity index (χ2n) is 6.92. The lowest BCUT2D eigenvalue weighted by atomic mass is 10.2. The molecule has 0 saturated carbocycles. The minimum Gasteiger partial charge on any atom is -0.351 e. The third kappa shape index (κ3) is 3.53. The summed E-state index contributed by atoms with van der Waals surface area (Å²) in [5.41, 5.74) is 2.57. The Bertz CT molecular complexity index is 1130. The highest BCUT2D eigenvalue weighted by atomic mass is 35.5. The molecule has 1 aliphatic rings. The summed E-state index contributed by atoms with van der Waals surface area (Å²) in [6.45, 7) is 3.22. The number of nitrogens with one attached hydrogen (secondary N) is 1. The first-order valence-electron chi connectivity index (χ1n) is 8.99. The maximum atomic E-state index is 12.8. The Kier molecular flexibility index (Phi) is 4.91. The number of carbonyl (C=O) groups is 1. The zero-order valence-corrected chi connectivity index (χ0v) is 16.9. The molecule has 0 aliphatic carbocycles. The van der Waals surface area contributed by atoms with E-state index < -0.39 is 10.0 Å². The monoisotopic (exact) mass is 417 g/mol. The molecule has 1 aliphatic heterocycles. The number of aromatic nitrogens is 1. The molecular weight excluding hydrogens is 398 g/mol. The van der Waals surface area contributed by atoms with E-state index in [4.69, 9.17) is 11.6 Å². The fraction of sp³-hybridized carbons (Fsp3) is 0.250. The van der Waals surface area contributed by atoms with Crippen LogP contribution in [0.5, 0.6) is 0 Å². The van der Waals surface area contributed by atoms with Gasteiger partial charge >= 0.3 is 0 Å². The second kappa shape index (κ2) is 7.24. The minimum absolute atomic E-state index is 0.114. The predicted octanol–water partition coefficient (Wildman–Crippen LogP) is 3.28. The highest BCUT2D eigenvalue weighted by Crippen LogP contribution is 2.22. The smallest absolute Gasteiger partial charge is 0.270 e. The molecule has 4 rings (SSSR count). The molecule has 0 unspecified atom stereocenters. The number of hydrogen-bond acceptors (Lipinski definition) is 3. The van der Waals surface area contributed by atoms with Gasteiger partial charge in [0.1, 0.15) is 5.69 Å². The van der Waals surface area contributed by atoms with Crippen LogP contribution in [0.1, 0.15) is 16.1 Å². The Hall–Kier alpha value is -2.35. The van der Waals surface area contributed by atoms with E-state index in [1.54, 1.807) is 17.0 Å². The first kappa shape index (κ1) is 19.0. The molecule has 1 fully saturated rings. The van der Waals surface area contributed by atoms with Gasteiger partial charge in [-0.3, -0.25) is 4.79 Å². The summed E-state index contributed by atoms with van der Waals surface area (Å²) in [4.78, 5) is 17.9. The van der Waals surface area contributed by atoms with Gasteiger partial charge in [0.25, 0.3) is 5.91 Å². The number of sulfonamides is 1. The number of halogens is 1. The lowest BCUT2D eigenvalue weighted by Gasteiger charge is -2.33. The summed E-state index contributed by atoms with van der Waals surface area (Å²) in [7, 11) is -3.59. The van der Waals surface area contributed by atoms with Crippen molar-refractivity contribution in [3.63, 3.8) is 0 Å². The number of aryl methyl sites for hydroxylation is 1. The van der Waals surface area contributed by atoms with Crippen molar-refractivity contribution in [2.24, 2.45) is 0 Å². The Morgan fingerprint density at radius 1 is 1.00 bits per heavy atom. The zero-order chi connectivity index (χ0) is 19.9. The number of H-pyrrole nitrogens is 1. The van der Waals surface area contributed by atoms with Gasteiger partial charge in [-0.15, -0.1) is 0 Å². The quantitative estimate of drug-likeness (QED) is 0.710. The standard InChI is InChI=1S/C20H20ClN3O3S/c1-14-2-3-15-13-19(22-18(15)12-14)20(25)23-8-10-24(11-9-23)28(26,27)17-6-4-16(21)5-7-17/h2-7,12-13,22H,8-11H2,1H3. The molecule has 1 N–H and O–H groups in total. The van der Waals surface area contributed by atoms with Crippen LogP contribution in [0.4, 0.5) is 0 Å². The van der Waals surface area contributed by atoms with E-state index in [-0.39, 0.29) is 23.9 Å². The number of rotatable bonds is 3. The van der Waals surface area contributed by atoms with Gasteiger partial charge in [0.15, 0.2) is 0 Å². The van der Waals surface area contributed by atoms with Crippen LogP contribution >= 0.6 is 11.6 Å². The molecule has 1 saturated heterocycles. The molecule has 0 bridgehead atoms. The van der Waals surface area contributed by atoms with Crippen molar-refractivity contribution in [3.05, 3.63) is 64.8 Å². The first-order chi connectivity index (χ1) is 13.3. The molecule has 0 radical (unpaired) electrons. The lowest BCUT2D eigenvalue weighted by molar-refractivity contribution is 0.0693. The van der Waals surface area contributed by atoms with Gasteiger partial charge in [-0.25, -0.2) is 8.42 Å². The van der Waals surface area contributed by atoms with Gasteiger partial charge in [0.05, 0.1) is 4.90 Å². The van der Waals surface area contributed by atoms with Crippen LogP contribution in [0.25, 0.3) is 10.9 Å². The fourth-order valence-corrected chi connectivity index (χ4v) is 4.96. The van der Waals surface area contributed by atoms with Gasteiger partial charge in [-0.2, -0.15) is 4.31 Å². The Labute approximate surface area is 168 Å². The molecule has 1 amide bonds. The van der Waals surface area contributed by atoms with Crippen LogP contribution in [0.2, 0.25) is 5.02 Å². The van der Waals surface area contributed by atoms with Crippen LogP contribution in [-0.4, -0.2) is 54.7 Å². The molecule has 2 aromatic carbocycles. The first-order valence-corrected chi connectivity index (χ1v) is 10.8. The number of nitrogens with zero attached hydrogens (tertiary/aromatic N) is 2. The summed E-state index contributed by atoms with van der Waals surface area (Å²) in [5.74, 6) is -0.114. The molecule has 0 atom stereocenters. The Balaban J connectivity index is 1.47. The largest absolute Gasteiger partial charge is 0.351 e. The molecule has 8 heteroatoms. The minimum atomic E-state index is -3.59. The Morgan fingerprint density at radius 3 is 2.36 bits per heavy atom. The van der Waals surface area contributed by atoms with Crippen molar-refractivity contribution in [1.82, 2.24) is 14.2 Å². The van der Waals surface area contributed by atoms with Gasteiger partial charge in [0.2, 0.25) is 10.0 Å². The van der Waals surface area contributed by atoms with Crippen LogP contribution < -0.4 is 0 Å². The second-order valence-corrected chi connectivity index (χ2v) is 9.30. The van der Waals surface area contributed by atoms with Gasteiger partial charge in [-0.1, -0.05) is 23.7 Å². The van der Waals surface area contributed by atoms with Crippen LogP contribution in [0.3, 0.4) is 0 Å². The van der Waals surface area contributed by atoms with Crippen molar-refractivity contribution in [2.45, 2.75) is 11.8 Å². The highest BCUT2D eigenvalue weighted by molar-refractivity contribution is 7.89. The maximum Gasteiger partial charge on any atom is 0.270 e. The number of piperazine rings is 1. The molecule has 0 spiro atoms. The van der Waals surface area contributed by atoms with Crippen molar-refractivity contribution in [3.8, 4) is 0 Å². The third-order valence-electron chi connectivity index (χ3n) is 4.99. The van der Waals surface area contributed by atoms with Crippen molar-refractivity contribution in [1.29, 1.82) is 0 Å². The molecule has 3 aromatic rings. The summed E-state index contributed by atoms with van der Waals surface area (Å²) in [6.07, 6.45) is 0. The topological polar surface area (TPSA) is 73.5 Å². The molecule has 28 heavy (non-hydrogen) atoms. The summed E-state index contributed by atoms with van der Waals surface area (Å²) in [5, 5.41) is 1.47. The number of amides is 1. The fourth-order valence-electron chi connectivity index (χ4n) is 3.41. The van der Waals surface area contributed by atoms with Crippen molar-refractivity contribution >= 4 is 38.4 Å². The highest BCUT2D eigenvalue weighted by Gasteiger charge is 2.30. The number of aromatic amines is 1. The summed E-state index contributed by atoms with van der Waals surface area (Å²) >= 11 is 5.84. The van der Waals surface area contributed by atoms with E-state index >= 15 is 0 Å². The van der Waals surface area contributed by atoms with E-state index in [1.807, 2.05) is 31.2 Å². The Morgan fingerprint density at radius 2 is 1.68 bits per heavy atom. The van der Waals surface area contributed by atoms with E-state index in [9.17, 15) is 13.2 Å². The average molecular weight is 418 g/mol. The third-order valence-corrected chi connectivity index (χ3v) is 7.15. The van der Waals surface area contributed by atoms with Crippen molar-refractivity contribution in [2.75, 3.05) is 26.2 Å². The van der Waals surface area contributed by atoms with E-state index in [0.29, 0.717) is 23.8 Å². The van der Waals surface area contributed by atoms with Crippen molar-refractivity contribution < 1.29 is 13.2 Å². The molecule has 1 aromatic heterocycles. The predicted molar refractivity (Wildman–Crippen MR) is 109 cm³/mol. The lowest BCUT2D eigenvalue weighted by Crippen LogP contribution is -2.50. The molecule has 146 valence electrons. The van der Waals surface area contributed by atoms with E-state index in [1.165, 1.54) is 16.4 Å². The van der Waals surface area contributed by atoms with E-state index in [0.717, 1.165) is 16.5 Å². The van der Waals surface area contributed by atoms with Crippen LogP contribution in [0, 0.1) is 6.92 Å². The molecule has 2 heterocycles. The SMILES string of the molecule is Cc1ccc2cc(C(=O)N3CCN(S(=O)(=O)c4ccc(Cl)cc4)CC3)[nH]c2c1. The normalized spacial score (nSPS) is 15.9. The number of hydrogen-bond donors (Lipinski definition) is 1. The number of fused-ring (bicyclic) bond motifs is 1. The van der Waals surface area contributed by atoms with Gasteiger partial charge in [-0.05, 0) is 48.9 Å². The van der Waals surface area contributed by atoms with E-state index in [2.05, 4.69) is 4.98 Å². The number of benzene rings is 2. The van der Waals surface area contributed by atoms with Gasteiger partial charge in [0, 0.05) is 42.1 Å². The molecular formula is C20H20ClN3O3S. The number of carbonyl (C=O) groups excluding carboxylic acids is 1. The maximum absolute atomic E-state index is 12.8. The molecule has 6 nitrogen and oxygen atoms in total. The van der Waals surface area contributed by atoms with Gasteiger partial charge < -0.3 is 9.88 Å². The van der Waals surface area contributed by atoms with Crippen LogP contribution in [-0.2, 0) is 10.0 Å². The average Bonchev–Trinajstić information content (AvgIpc) is 3.11. The van der Waals surface area contributed by atoms with Crippen LogP contribution in [0.15, 0.2) is 53.4 Å². The summed E-state index contributed by atoms with van der Waals surface area (Å²) < 4.78 is 26.9. The summed E-state index contributed by atoms with van der Waals surface area (Å²) in [6, 6.07) is 14.0. The zero-order valence-electron chi connectivity index (χ0n) is 15.4.